The number of carbonyl (C=O) groups excluding carboxylic acids is 1. The number of hydrogen-bond donors (Lipinski definition) is 0. The fourth-order valence-electron chi connectivity index (χ4n) is 3.50. The van der Waals surface area contributed by atoms with E-state index < -0.39 is 0 Å². The molecule has 7 nitrogen and oxygen atoms in total. The molecule has 2 atom stereocenters. The Morgan fingerprint density at radius 1 is 1.25 bits per heavy atom. The summed E-state index contributed by atoms with van der Waals surface area (Å²) in [5.74, 6) is 2.10. The maximum atomic E-state index is 12.9. The van der Waals surface area contributed by atoms with Gasteiger partial charge in [0.25, 0.3) is 5.91 Å². The van der Waals surface area contributed by atoms with Crippen molar-refractivity contribution in [3.05, 3.63) is 60.2 Å². The molecule has 1 aliphatic rings. The Kier molecular flexibility index (Phi) is 5.06. The van der Waals surface area contributed by atoms with Crippen LogP contribution in [0.25, 0.3) is 11.4 Å². The van der Waals surface area contributed by atoms with Crippen molar-refractivity contribution in [1.82, 2.24) is 20.0 Å². The summed E-state index contributed by atoms with van der Waals surface area (Å²) in [5, 5.41) is 4.08. The SMILES string of the molecule is CCOc1ccc(C(=O)N2C[C@H](c3nc(-c4cccnc4)no3)[C@@H](C)C2)cc1. The molecule has 0 aliphatic carbocycles. The molecular weight excluding hydrogens is 356 g/mol. The van der Waals surface area contributed by atoms with E-state index in [1.165, 1.54) is 0 Å². The van der Waals surface area contributed by atoms with Gasteiger partial charge in [0.2, 0.25) is 11.7 Å². The highest BCUT2D eigenvalue weighted by atomic mass is 16.5. The van der Waals surface area contributed by atoms with Gasteiger partial charge < -0.3 is 14.2 Å². The molecule has 4 rings (SSSR count). The van der Waals surface area contributed by atoms with Crippen molar-refractivity contribution < 1.29 is 14.1 Å². The monoisotopic (exact) mass is 378 g/mol. The number of amides is 1. The Morgan fingerprint density at radius 2 is 2.07 bits per heavy atom. The van der Waals surface area contributed by atoms with Crippen LogP contribution >= 0.6 is 0 Å². The first-order valence-corrected chi connectivity index (χ1v) is 9.42. The lowest BCUT2D eigenvalue weighted by Crippen LogP contribution is -2.28. The number of nitrogens with zero attached hydrogens (tertiary/aromatic N) is 4. The molecule has 1 fully saturated rings. The molecule has 0 radical (unpaired) electrons. The third kappa shape index (κ3) is 3.60. The van der Waals surface area contributed by atoms with Crippen LogP contribution in [0.4, 0.5) is 0 Å². The van der Waals surface area contributed by atoms with Crippen molar-refractivity contribution in [2.45, 2.75) is 19.8 Å². The predicted octanol–water partition coefficient (Wildman–Crippen LogP) is 3.41. The van der Waals surface area contributed by atoms with E-state index in [0.29, 0.717) is 37.0 Å². The van der Waals surface area contributed by atoms with Crippen LogP contribution in [-0.4, -0.2) is 45.6 Å². The number of likely N-dealkylation sites (tertiary alicyclic amines) is 1. The summed E-state index contributed by atoms with van der Waals surface area (Å²) < 4.78 is 10.9. The summed E-state index contributed by atoms with van der Waals surface area (Å²) in [6.07, 6.45) is 3.41. The molecule has 7 heteroatoms. The standard InChI is InChI=1S/C21H22N4O3/c1-3-27-17-8-6-15(7-9-17)21(26)25-12-14(2)18(13-25)20-23-19(24-28-20)16-5-4-10-22-11-16/h4-11,14,18H,3,12-13H2,1-2H3/t14-,18-/m0/s1. The summed E-state index contributed by atoms with van der Waals surface area (Å²) >= 11 is 0. The largest absolute Gasteiger partial charge is 0.494 e. The summed E-state index contributed by atoms with van der Waals surface area (Å²) in [4.78, 5) is 23.3. The number of carbonyl (C=O) groups is 1. The van der Waals surface area contributed by atoms with Crippen LogP contribution in [0.3, 0.4) is 0 Å². The Bertz CT molecular complexity index is 940. The molecule has 2 aromatic heterocycles. The van der Waals surface area contributed by atoms with Crippen molar-refractivity contribution in [2.24, 2.45) is 5.92 Å². The lowest BCUT2D eigenvalue weighted by molar-refractivity contribution is 0.0786. The maximum absolute atomic E-state index is 12.9. The van der Waals surface area contributed by atoms with E-state index in [9.17, 15) is 4.79 Å². The molecule has 0 unspecified atom stereocenters. The van der Waals surface area contributed by atoms with Gasteiger partial charge in [0, 0.05) is 36.6 Å². The fourth-order valence-corrected chi connectivity index (χ4v) is 3.50. The molecule has 3 aromatic rings. The maximum Gasteiger partial charge on any atom is 0.253 e. The molecule has 3 heterocycles. The summed E-state index contributed by atoms with van der Waals surface area (Å²) in [6, 6.07) is 11.0. The zero-order valence-corrected chi connectivity index (χ0v) is 15.9. The van der Waals surface area contributed by atoms with Gasteiger partial charge >= 0.3 is 0 Å². The number of rotatable bonds is 5. The predicted molar refractivity (Wildman–Crippen MR) is 103 cm³/mol. The molecule has 0 bridgehead atoms. The van der Waals surface area contributed by atoms with Crippen LogP contribution in [0.5, 0.6) is 5.75 Å². The zero-order valence-electron chi connectivity index (χ0n) is 15.9. The van der Waals surface area contributed by atoms with Gasteiger partial charge in [-0.2, -0.15) is 4.98 Å². The first-order valence-electron chi connectivity index (χ1n) is 9.42. The summed E-state index contributed by atoms with van der Waals surface area (Å²) in [7, 11) is 0. The molecule has 1 aliphatic heterocycles. The molecule has 0 spiro atoms. The first-order chi connectivity index (χ1) is 13.7. The average Bonchev–Trinajstić information content (AvgIpc) is 3.36. The van der Waals surface area contributed by atoms with Crippen LogP contribution in [0.15, 0.2) is 53.3 Å². The van der Waals surface area contributed by atoms with E-state index in [-0.39, 0.29) is 17.7 Å². The second-order valence-corrected chi connectivity index (χ2v) is 6.95. The van der Waals surface area contributed by atoms with Gasteiger partial charge in [0.1, 0.15) is 5.75 Å². The van der Waals surface area contributed by atoms with Crippen molar-refractivity contribution in [2.75, 3.05) is 19.7 Å². The number of pyridine rings is 1. The van der Waals surface area contributed by atoms with Gasteiger partial charge in [0.05, 0.1) is 12.5 Å². The summed E-state index contributed by atoms with van der Waals surface area (Å²) in [6.45, 7) is 5.85. The first kappa shape index (κ1) is 18.2. The quantitative estimate of drug-likeness (QED) is 0.677. The van der Waals surface area contributed by atoms with E-state index in [1.807, 2.05) is 36.1 Å². The molecule has 1 amide bonds. The third-order valence-electron chi connectivity index (χ3n) is 4.99. The molecular formula is C21H22N4O3. The van der Waals surface area contributed by atoms with Crippen molar-refractivity contribution in [3.63, 3.8) is 0 Å². The number of aromatic nitrogens is 3. The fraction of sp³-hybridized carbons (Fsp3) is 0.333. The molecule has 0 saturated carbocycles. The van der Waals surface area contributed by atoms with Crippen LogP contribution < -0.4 is 4.74 Å². The molecule has 1 aromatic carbocycles. The Balaban J connectivity index is 1.47. The second kappa shape index (κ2) is 7.80. The van der Waals surface area contributed by atoms with Gasteiger partial charge in [-0.05, 0) is 49.2 Å². The Hall–Kier alpha value is -3.22. The number of ether oxygens (including phenoxy) is 1. The molecule has 144 valence electrons. The zero-order chi connectivity index (χ0) is 19.5. The van der Waals surface area contributed by atoms with Gasteiger partial charge in [-0.15, -0.1) is 0 Å². The topological polar surface area (TPSA) is 81.4 Å². The van der Waals surface area contributed by atoms with Crippen molar-refractivity contribution in [3.8, 4) is 17.1 Å². The summed E-state index contributed by atoms with van der Waals surface area (Å²) in [5.41, 5.74) is 1.46. The van der Waals surface area contributed by atoms with Gasteiger partial charge in [0.15, 0.2) is 0 Å². The van der Waals surface area contributed by atoms with Crippen LogP contribution in [-0.2, 0) is 0 Å². The molecule has 28 heavy (non-hydrogen) atoms. The van der Waals surface area contributed by atoms with Crippen molar-refractivity contribution >= 4 is 5.91 Å². The average molecular weight is 378 g/mol. The molecule has 0 N–H and O–H groups in total. The number of hydrogen-bond acceptors (Lipinski definition) is 6. The van der Waals surface area contributed by atoms with Crippen LogP contribution in [0.2, 0.25) is 0 Å². The highest BCUT2D eigenvalue weighted by Crippen LogP contribution is 2.33. The van der Waals surface area contributed by atoms with Crippen molar-refractivity contribution in [1.29, 1.82) is 0 Å². The minimum atomic E-state index is 0.00407. The highest BCUT2D eigenvalue weighted by molar-refractivity contribution is 5.94. The van der Waals surface area contributed by atoms with E-state index in [0.717, 1.165) is 11.3 Å². The van der Waals surface area contributed by atoms with Crippen LogP contribution in [0, 0.1) is 5.92 Å². The number of benzene rings is 1. The lowest BCUT2D eigenvalue weighted by Gasteiger charge is -2.16. The third-order valence-corrected chi connectivity index (χ3v) is 4.99. The minimum Gasteiger partial charge on any atom is -0.494 e. The van der Waals surface area contributed by atoms with E-state index in [1.54, 1.807) is 24.5 Å². The highest BCUT2D eigenvalue weighted by Gasteiger charge is 2.37. The normalized spacial score (nSPS) is 19.0. The van der Waals surface area contributed by atoms with Gasteiger partial charge in [-0.1, -0.05) is 12.1 Å². The molecule has 1 saturated heterocycles. The second-order valence-electron chi connectivity index (χ2n) is 6.95. The van der Waals surface area contributed by atoms with Gasteiger partial charge in [-0.3, -0.25) is 9.78 Å². The van der Waals surface area contributed by atoms with E-state index in [2.05, 4.69) is 22.0 Å². The minimum absolute atomic E-state index is 0.00407. The Morgan fingerprint density at radius 3 is 2.79 bits per heavy atom. The lowest BCUT2D eigenvalue weighted by atomic mass is 9.98. The smallest absolute Gasteiger partial charge is 0.253 e. The van der Waals surface area contributed by atoms with E-state index >= 15 is 0 Å². The van der Waals surface area contributed by atoms with Crippen LogP contribution in [0.1, 0.15) is 36.0 Å². The van der Waals surface area contributed by atoms with E-state index in [4.69, 9.17) is 9.26 Å². The Labute approximate surface area is 163 Å². The van der Waals surface area contributed by atoms with Gasteiger partial charge in [-0.25, -0.2) is 0 Å².